The maximum absolute atomic E-state index is 13.0. The summed E-state index contributed by atoms with van der Waals surface area (Å²) in [5, 5.41) is 6.54. The van der Waals surface area contributed by atoms with Gasteiger partial charge in [-0.15, -0.1) is 0 Å². The summed E-state index contributed by atoms with van der Waals surface area (Å²) in [5.41, 5.74) is 5.62. The molecule has 0 unspecified atom stereocenters. The first-order chi connectivity index (χ1) is 14.6. The van der Waals surface area contributed by atoms with Gasteiger partial charge in [-0.25, -0.2) is 4.98 Å². The van der Waals surface area contributed by atoms with Crippen LogP contribution in [0.3, 0.4) is 0 Å². The lowest BCUT2D eigenvalue weighted by molar-refractivity contribution is -0.137. The molecular weight excluding hydrogens is 413 g/mol. The quantitative estimate of drug-likeness (QED) is 0.636. The number of carbonyl (C=O) groups excluding carboxylic acids is 1. The Morgan fingerprint density at radius 1 is 1.19 bits per heavy atom. The second kappa shape index (κ2) is 7.69. The molecule has 1 aromatic carbocycles. The zero-order valence-electron chi connectivity index (χ0n) is 16.5. The maximum atomic E-state index is 13.0. The molecule has 1 aliphatic heterocycles. The number of pyridine rings is 1. The van der Waals surface area contributed by atoms with E-state index in [1.807, 2.05) is 6.92 Å². The zero-order chi connectivity index (χ0) is 22.2. The van der Waals surface area contributed by atoms with Crippen LogP contribution in [0.1, 0.15) is 23.8 Å². The largest absolute Gasteiger partial charge is 0.419 e. The fourth-order valence-corrected chi connectivity index (χ4v) is 3.22. The summed E-state index contributed by atoms with van der Waals surface area (Å²) >= 11 is 0. The molecule has 10 heteroatoms. The number of nitrogens with zero attached hydrogens (tertiary/aromatic N) is 2. The molecule has 0 spiro atoms. The van der Waals surface area contributed by atoms with Crippen molar-refractivity contribution >= 4 is 17.5 Å². The molecule has 1 amide bonds. The third-order valence-corrected chi connectivity index (χ3v) is 5.09. The Kier molecular flexibility index (Phi) is 5.18. The first-order valence-corrected chi connectivity index (χ1v) is 9.41. The number of hydrogen-bond donors (Lipinski definition) is 2. The van der Waals surface area contributed by atoms with Crippen molar-refractivity contribution in [2.45, 2.75) is 24.9 Å². The highest BCUT2D eigenvalue weighted by molar-refractivity contribution is 5.91. The molecule has 7 nitrogen and oxygen atoms in total. The first-order valence-electron chi connectivity index (χ1n) is 9.41. The van der Waals surface area contributed by atoms with E-state index in [0.29, 0.717) is 35.9 Å². The maximum Gasteiger partial charge on any atom is 0.419 e. The molecule has 1 fully saturated rings. The molecule has 31 heavy (non-hydrogen) atoms. The molecule has 2 aromatic heterocycles. The summed E-state index contributed by atoms with van der Waals surface area (Å²) in [7, 11) is 0. The Balaban J connectivity index is 1.41. The Bertz CT molecular complexity index is 1110. The van der Waals surface area contributed by atoms with E-state index in [0.717, 1.165) is 6.07 Å². The summed E-state index contributed by atoms with van der Waals surface area (Å²) < 4.78 is 49.6. The molecular formula is C21H19F3N4O3. The molecule has 0 atom stereocenters. The number of carbonyl (C=O) groups is 1. The van der Waals surface area contributed by atoms with Gasteiger partial charge in [-0.05, 0) is 24.1 Å². The Labute approximate surface area is 175 Å². The molecule has 4 rings (SSSR count). The van der Waals surface area contributed by atoms with E-state index in [-0.39, 0.29) is 23.3 Å². The first kappa shape index (κ1) is 20.9. The molecule has 0 saturated carbocycles. The van der Waals surface area contributed by atoms with E-state index >= 15 is 0 Å². The van der Waals surface area contributed by atoms with Crippen LogP contribution >= 0.6 is 0 Å². The average molecular weight is 432 g/mol. The van der Waals surface area contributed by atoms with Crippen molar-refractivity contribution in [1.82, 2.24) is 10.1 Å². The van der Waals surface area contributed by atoms with Crippen LogP contribution in [0, 0.1) is 0 Å². The number of amides is 1. The highest BCUT2D eigenvalue weighted by atomic mass is 19.4. The minimum atomic E-state index is -4.59. The van der Waals surface area contributed by atoms with Gasteiger partial charge >= 0.3 is 6.18 Å². The van der Waals surface area contributed by atoms with Crippen LogP contribution < -0.4 is 11.1 Å². The Hall–Kier alpha value is -3.40. The van der Waals surface area contributed by atoms with Crippen LogP contribution in [0.4, 0.5) is 24.8 Å². The van der Waals surface area contributed by atoms with Gasteiger partial charge in [0.25, 0.3) is 0 Å². The van der Waals surface area contributed by atoms with Crippen molar-refractivity contribution < 1.29 is 27.2 Å². The second-order valence-corrected chi connectivity index (χ2v) is 7.71. The number of ether oxygens (including phenoxy) is 1. The van der Waals surface area contributed by atoms with Crippen LogP contribution in [0.2, 0.25) is 0 Å². The van der Waals surface area contributed by atoms with Gasteiger partial charge in [0.2, 0.25) is 5.91 Å². The number of hydrogen-bond acceptors (Lipinski definition) is 6. The van der Waals surface area contributed by atoms with Gasteiger partial charge in [0.15, 0.2) is 5.82 Å². The summed E-state index contributed by atoms with van der Waals surface area (Å²) in [6.07, 6.45) is -3.24. The van der Waals surface area contributed by atoms with E-state index < -0.39 is 17.6 Å². The molecule has 1 saturated heterocycles. The minimum absolute atomic E-state index is 0.0661. The van der Waals surface area contributed by atoms with E-state index in [4.69, 9.17) is 15.0 Å². The molecule has 3 heterocycles. The second-order valence-electron chi connectivity index (χ2n) is 7.71. The normalized spacial score (nSPS) is 15.4. The molecule has 0 radical (unpaired) electrons. The van der Waals surface area contributed by atoms with Crippen molar-refractivity contribution in [3.63, 3.8) is 0 Å². The number of nitrogens with two attached hydrogens (primary N) is 1. The molecule has 3 aromatic rings. The Morgan fingerprint density at radius 2 is 1.90 bits per heavy atom. The average Bonchev–Trinajstić information content (AvgIpc) is 3.15. The van der Waals surface area contributed by atoms with E-state index in [1.165, 1.54) is 6.20 Å². The SMILES string of the molecule is CC1(c2cc(NC(=O)Cc3ccc(-c4cnc(N)c(C(F)(F)F)c4)cc3)no2)COC1. The van der Waals surface area contributed by atoms with Crippen LogP contribution in [0.5, 0.6) is 0 Å². The molecule has 0 bridgehead atoms. The Morgan fingerprint density at radius 3 is 2.52 bits per heavy atom. The minimum Gasteiger partial charge on any atom is -0.383 e. The lowest BCUT2D eigenvalue weighted by Crippen LogP contribution is -2.43. The third-order valence-electron chi connectivity index (χ3n) is 5.09. The summed E-state index contributed by atoms with van der Waals surface area (Å²) in [4.78, 5) is 15.9. The van der Waals surface area contributed by atoms with E-state index in [9.17, 15) is 18.0 Å². The monoisotopic (exact) mass is 432 g/mol. The van der Waals surface area contributed by atoms with E-state index in [1.54, 1.807) is 30.3 Å². The van der Waals surface area contributed by atoms with Gasteiger partial charge < -0.3 is 20.3 Å². The standard InChI is InChI=1S/C21H19F3N4O3/c1-20(10-30-11-20)16-8-17(28-31-16)27-18(29)6-12-2-4-13(5-3-12)14-7-15(21(22,23)24)19(25)26-9-14/h2-5,7-9H,6,10-11H2,1H3,(H2,25,26)(H,27,28,29). The van der Waals surface area contributed by atoms with Gasteiger partial charge in [0.1, 0.15) is 11.6 Å². The number of anilines is 2. The van der Waals surface area contributed by atoms with Gasteiger partial charge in [-0.1, -0.05) is 29.4 Å². The van der Waals surface area contributed by atoms with E-state index in [2.05, 4.69) is 15.5 Å². The van der Waals surface area contributed by atoms with Gasteiger partial charge in [0, 0.05) is 17.8 Å². The highest BCUT2D eigenvalue weighted by Crippen LogP contribution is 2.35. The lowest BCUT2D eigenvalue weighted by atomic mass is 9.86. The van der Waals surface area contributed by atoms with Gasteiger partial charge in [-0.2, -0.15) is 13.2 Å². The van der Waals surface area contributed by atoms with Crippen LogP contribution in [0.15, 0.2) is 47.1 Å². The number of nitrogen functional groups attached to an aromatic ring is 1. The fraction of sp³-hybridized carbons (Fsp3) is 0.286. The van der Waals surface area contributed by atoms with Crippen LogP contribution in [-0.2, 0) is 27.5 Å². The topological polar surface area (TPSA) is 103 Å². The lowest BCUT2D eigenvalue weighted by Gasteiger charge is -2.35. The number of rotatable bonds is 5. The number of aromatic nitrogens is 2. The third kappa shape index (κ3) is 4.38. The predicted octanol–water partition coefficient (Wildman–Crippen LogP) is 3.81. The molecule has 162 valence electrons. The number of alkyl halides is 3. The van der Waals surface area contributed by atoms with Crippen molar-refractivity contribution in [2.24, 2.45) is 0 Å². The number of halogens is 3. The van der Waals surface area contributed by atoms with Crippen LogP contribution in [-0.4, -0.2) is 29.3 Å². The summed E-state index contributed by atoms with van der Waals surface area (Å²) in [6, 6.07) is 9.22. The van der Waals surface area contributed by atoms with Gasteiger partial charge in [0.05, 0.1) is 30.6 Å². The predicted molar refractivity (Wildman–Crippen MR) is 106 cm³/mol. The summed E-state index contributed by atoms with van der Waals surface area (Å²) in [6.45, 7) is 3.06. The number of benzene rings is 1. The van der Waals surface area contributed by atoms with Crippen molar-refractivity contribution in [2.75, 3.05) is 24.3 Å². The van der Waals surface area contributed by atoms with Crippen molar-refractivity contribution in [3.05, 3.63) is 59.5 Å². The zero-order valence-corrected chi connectivity index (χ0v) is 16.5. The van der Waals surface area contributed by atoms with Crippen LogP contribution in [0.25, 0.3) is 11.1 Å². The van der Waals surface area contributed by atoms with Crippen molar-refractivity contribution in [1.29, 1.82) is 0 Å². The smallest absolute Gasteiger partial charge is 0.383 e. The molecule has 3 N–H and O–H groups in total. The number of nitrogens with one attached hydrogen (secondary N) is 1. The van der Waals surface area contributed by atoms with Crippen molar-refractivity contribution in [3.8, 4) is 11.1 Å². The highest BCUT2D eigenvalue weighted by Gasteiger charge is 2.39. The molecule has 1 aliphatic rings. The summed E-state index contributed by atoms with van der Waals surface area (Å²) in [5.74, 6) is 0.0987. The van der Waals surface area contributed by atoms with Gasteiger partial charge in [-0.3, -0.25) is 4.79 Å². The molecule has 0 aliphatic carbocycles. The fourth-order valence-electron chi connectivity index (χ4n) is 3.22.